The molecule has 0 atom stereocenters. The Morgan fingerprint density at radius 2 is 1.62 bits per heavy atom. The van der Waals surface area contributed by atoms with Crippen LogP contribution < -0.4 is 5.73 Å². The third-order valence-electron chi connectivity index (χ3n) is 3.05. The lowest BCUT2D eigenvalue weighted by Gasteiger charge is -2.09. The third kappa shape index (κ3) is 2.38. The summed E-state index contributed by atoms with van der Waals surface area (Å²) >= 11 is 3.28. The number of sulfone groups is 1. The number of rotatable bonds is 2. The second kappa shape index (κ2) is 5.09. The molecule has 0 amide bonds. The maximum absolute atomic E-state index is 12.7. The van der Waals surface area contributed by atoms with E-state index in [1.807, 2.05) is 0 Å². The van der Waals surface area contributed by atoms with E-state index >= 15 is 0 Å². The minimum atomic E-state index is -3.69. The van der Waals surface area contributed by atoms with Gasteiger partial charge in [0.1, 0.15) is 5.52 Å². The van der Waals surface area contributed by atoms with Gasteiger partial charge >= 0.3 is 0 Å². The largest absolute Gasteiger partial charge is 0.396 e. The Labute approximate surface area is 129 Å². The van der Waals surface area contributed by atoms with E-state index < -0.39 is 9.84 Å². The molecule has 0 saturated carbocycles. The number of benzene rings is 2. The summed E-state index contributed by atoms with van der Waals surface area (Å²) < 4.78 is 26.1. The van der Waals surface area contributed by atoms with Gasteiger partial charge < -0.3 is 5.73 Å². The lowest BCUT2D eigenvalue weighted by atomic mass is 10.2. The van der Waals surface area contributed by atoms with Crippen molar-refractivity contribution in [2.45, 2.75) is 9.79 Å². The van der Waals surface area contributed by atoms with E-state index in [4.69, 9.17) is 5.73 Å². The van der Waals surface area contributed by atoms with E-state index in [9.17, 15) is 8.42 Å². The van der Waals surface area contributed by atoms with Crippen molar-refractivity contribution < 1.29 is 8.42 Å². The Bertz CT molecular complexity index is 925. The predicted molar refractivity (Wildman–Crippen MR) is 83.5 cm³/mol. The van der Waals surface area contributed by atoms with Gasteiger partial charge in [-0.25, -0.2) is 8.42 Å². The molecule has 7 heteroatoms. The highest BCUT2D eigenvalue weighted by Crippen LogP contribution is 2.30. The van der Waals surface area contributed by atoms with Crippen molar-refractivity contribution in [2.75, 3.05) is 5.73 Å². The lowest BCUT2D eigenvalue weighted by molar-refractivity contribution is 0.596. The van der Waals surface area contributed by atoms with E-state index in [1.165, 1.54) is 30.6 Å². The van der Waals surface area contributed by atoms with Crippen molar-refractivity contribution in [2.24, 2.45) is 0 Å². The maximum Gasteiger partial charge on any atom is 0.208 e. The Kier molecular flexibility index (Phi) is 3.38. The summed E-state index contributed by atoms with van der Waals surface area (Å²) in [5.41, 5.74) is 7.04. The molecule has 0 unspecified atom stereocenters. The number of nitrogen functional groups attached to an aromatic ring is 1. The van der Waals surface area contributed by atoms with Crippen LogP contribution in [-0.2, 0) is 9.84 Å². The highest BCUT2D eigenvalue weighted by atomic mass is 79.9. The maximum atomic E-state index is 12.7. The standard InChI is InChI=1S/C14H10BrN3O2S/c15-9-1-3-10(4-2-9)21(19,20)12-6-5-11-14(13(12)16)18-8-7-17-11/h1-8H,16H2. The van der Waals surface area contributed by atoms with E-state index in [1.54, 1.807) is 18.2 Å². The molecule has 0 aliphatic heterocycles. The Balaban J connectivity index is 2.24. The van der Waals surface area contributed by atoms with Gasteiger partial charge in [0.25, 0.3) is 0 Å². The van der Waals surface area contributed by atoms with Crippen LogP contribution in [0, 0.1) is 0 Å². The number of anilines is 1. The quantitative estimate of drug-likeness (QED) is 0.707. The van der Waals surface area contributed by atoms with Crippen molar-refractivity contribution in [3.63, 3.8) is 0 Å². The van der Waals surface area contributed by atoms with Crippen LogP contribution in [-0.4, -0.2) is 18.4 Å². The first kappa shape index (κ1) is 14.0. The zero-order chi connectivity index (χ0) is 15.0. The molecule has 0 saturated heterocycles. The van der Waals surface area contributed by atoms with Crippen molar-refractivity contribution in [1.29, 1.82) is 0 Å². The van der Waals surface area contributed by atoms with E-state index in [0.717, 1.165) is 4.47 Å². The second-order valence-corrected chi connectivity index (χ2v) is 7.19. The first-order chi connectivity index (χ1) is 10.00. The van der Waals surface area contributed by atoms with Crippen LogP contribution in [0.4, 0.5) is 5.69 Å². The van der Waals surface area contributed by atoms with Gasteiger partial charge in [-0.2, -0.15) is 0 Å². The predicted octanol–water partition coefficient (Wildman–Crippen LogP) is 2.81. The molecule has 1 heterocycles. The molecule has 0 fully saturated rings. The SMILES string of the molecule is Nc1c(S(=O)(=O)c2ccc(Br)cc2)ccc2nccnc12. The van der Waals surface area contributed by atoms with Gasteiger partial charge in [-0.05, 0) is 36.4 Å². The average Bonchev–Trinajstić information content (AvgIpc) is 2.48. The van der Waals surface area contributed by atoms with Crippen LogP contribution >= 0.6 is 15.9 Å². The molecule has 0 radical (unpaired) electrons. The highest BCUT2D eigenvalue weighted by molar-refractivity contribution is 9.10. The highest BCUT2D eigenvalue weighted by Gasteiger charge is 2.22. The molecule has 5 nitrogen and oxygen atoms in total. The first-order valence-electron chi connectivity index (χ1n) is 6.00. The third-order valence-corrected chi connectivity index (χ3v) is 5.41. The molecule has 1 aromatic heterocycles. The van der Waals surface area contributed by atoms with Crippen LogP contribution in [0.15, 0.2) is 63.1 Å². The van der Waals surface area contributed by atoms with E-state index in [2.05, 4.69) is 25.9 Å². The molecular weight excluding hydrogens is 354 g/mol. The summed E-state index contributed by atoms with van der Waals surface area (Å²) in [5.74, 6) is 0. The van der Waals surface area contributed by atoms with Crippen molar-refractivity contribution in [1.82, 2.24) is 9.97 Å². The summed E-state index contributed by atoms with van der Waals surface area (Å²) in [4.78, 5) is 8.43. The fourth-order valence-corrected chi connectivity index (χ4v) is 3.66. The second-order valence-electron chi connectivity index (χ2n) is 4.36. The fourth-order valence-electron chi connectivity index (χ4n) is 2.01. The van der Waals surface area contributed by atoms with Crippen molar-refractivity contribution in [3.8, 4) is 0 Å². The molecule has 3 aromatic rings. The number of hydrogen-bond acceptors (Lipinski definition) is 5. The molecule has 0 bridgehead atoms. The van der Waals surface area contributed by atoms with Gasteiger partial charge in [-0.3, -0.25) is 9.97 Å². The molecule has 2 aromatic carbocycles. The van der Waals surface area contributed by atoms with Crippen LogP contribution in [0.5, 0.6) is 0 Å². The minimum absolute atomic E-state index is 0.0397. The van der Waals surface area contributed by atoms with E-state index in [-0.39, 0.29) is 15.5 Å². The summed E-state index contributed by atoms with van der Waals surface area (Å²) in [7, 11) is -3.69. The number of fused-ring (bicyclic) bond motifs is 1. The molecule has 0 aliphatic rings. The first-order valence-corrected chi connectivity index (χ1v) is 8.27. The van der Waals surface area contributed by atoms with Crippen molar-refractivity contribution in [3.05, 3.63) is 53.3 Å². The number of nitrogens with two attached hydrogens (primary N) is 1. The number of nitrogens with zero attached hydrogens (tertiary/aromatic N) is 2. The van der Waals surface area contributed by atoms with Gasteiger partial charge in [0.15, 0.2) is 0 Å². The van der Waals surface area contributed by atoms with Crippen LogP contribution in [0.25, 0.3) is 11.0 Å². The summed E-state index contributed by atoms with van der Waals surface area (Å²) in [6, 6.07) is 9.46. The topological polar surface area (TPSA) is 85.9 Å². The minimum Gasteiger partial charge on any atom is -0.396 e. The molecule has 2 N–H and O–H groups in total. The zero-order valence-corrected chi connectivity index (χ0v) is 13.1. The number of halogens is 1. The Hall–Kier alpha value is -1.99. The smallest absolute Gasteiger partial charge is 0.208 e. The summed E-state index contributed by atoms with van der Waals surface area (Å²) in [6.07, 6.45) is 3.01. The number of hydrogen-bond donors (Lipinski definition) is 1. The van der Waals surface area contributed by atoms with Gasteiger partial charge in [-0.1, -0.05) is 15.9 Å². The Morgan fingerprint density at radius 3 is 2.33 bits per heavy atom. The van der Waals surface area contributed by atoms with Gasteiger partial charge in [0.05, 0.1) is 21.0 Å². The molecular formula is C14H10BrN3O2S. The molecule has 0 aliphatic carbocycles. The molecule has 0 spiro atoms. The Morgan fingerprint density at radius 1 is 0.952 bits per heavy atom. The fraction of sp³-hybridized carbons (Fsp3) is 0. The van der Waals surface area contributed by atoms with Gasteiger partial charge in [-0.15, -0.1) is 0 Å². The van der Waals surface area contributed by atoms with Crippen LogP contribution in [0.2, 0.25) is 0 Å². The molecule has 3 rings (SSSR count). The number of aromatic nitrogens is 2. The summed E-state index contributed by atoms with van der Waals surface area (Å²) in [5, 5.41) is 0. The van der Waals surface area contributed by atoms with Gasteiger partial charge in [0, 0.05) is 16.9 Å². The van der Waals surface area contributed by atoms with Crippen molar-refractivity contribution >= 4 is 42.5 Å². The van der Waals surface area contributed by atoms with E-state index in [0.29, 0.717) is 11.0 Å². The molecule has 106 valence electrons. The van der Waals surface area contributed by atoms with Gasteiger partial charge in [0.2, 0.25) is 9.84 Å². The summed E-state index contributed by atoms with van der Waals surface area (Å²) in [6.45, 7) is 0. The van der Waals surface area contributed by atoms with Crippen LogP contribution in [0.1, 0.15) is 0 Å². The lowest BCUT2D eigenvalue weighted by Crippen LogP contribution is -2.06. The zero-order valence-electron chi connectivity index (χ0n) is 10.7. The van der Waals surface area contributed by atoms with Crippen LogP contribution in [0.3, 0.4) is 0 Å². The average molecular weight is 364 g/mol. The molecule has 21 heavy (non-hydrogen) atoms. The normalized spacial score (nSPS) is 11.7. The monoisotopic (exact) mass is 363 g/mol.